The van der Waals surface area contributed by atoms with Crippen LogP contribution in [0, 0.1) is 0 Å². The number of nitrogens with one attached hydrogen (secondary N) is 1. The quantitative estimate of drug-likeness (QED) is 0.508. The maximum Gasteiger partial charge on any atom is 0.338 e. The number of fused-ring (bicyclic) bond motifs is 1. The highest BCUT2D eigenvalue weighted by molar-refractivity contribution is 7.92. The molecule has 0 saturated heterocycles. The van der Waals surface area contributed by atoms with Crippen molar-refractivity contribution in [3.05, 3.63) is 83.4 Å². The SMILES string of the molecule is COC(=O)c1cccc(COC(=O)c2ccc(NS(=O)(=O)c3ccc4c(c3)OCCO4)cc2)c1. The Morgan fingerprint density at radius 2 is 1.62 bits per heavy atom. The molecule has 0 saturated carbocycles. The third-order valence-corrected chi connectivity index (χ3v) is 6.29. The molecular formula is C24H21NO8S. The summed E-state index contributed by atoms with van der Waals surface area (Å²) in [5, 5.41) is 0. The highest BCUT2D eigenvalue weighted by Crippen LogP contribution is 2.32. The molecule has 9 nitrogen and oxygen atoms in total. The van der Waals surface area contributed by atoms with E-state index in [0.717, 1.165) is 0 Å². The van der Waals surface area contributed by atoms with Gasteiger partial charge < -0.3 is 18.9 Å². The molecule has 0 bridgehead atoms. The highest BCUT2D eigenvalue weighted by Gasteiger charge is 2.20. The van der Waals surface area contributed by atoms with Crippen LogP contribution in [0.15, 0.2) is 71.6 Å². The summed E-state index contributed by atoms with van der Waals surface area (Å²) in [6.45, 7) is 0.715. The van der Waals surface area contributed by atoms with Crippen molar-refractivity contribution in [3.63, 3.8) is 0 Å². The lowest BCUT2D eigenvalue weighted by molar-refractivity contribution is 0.0472. The highest BCUT2D eigenvalue weighted by atomic mass is 32.2. The van der Waals surface area contributed by atoms with Gasteiger partial charge in [0.25, 0.3) is 10.0 Å². The summed E-state index contributed by atoms with van der Waals surface area (Å²) in [7, 11) is -2.59. The Morgan fingerprint density at radius 3 is 2.35 bits per heavy atom. The molecule has 0 aromatic heterocycles. The number of rotatable bonds is 7. The minimum Gasteiger partial charge on any atom is -0.486 e. The van der Waals surface area contributed by atoms with E-state index in [1.54, 1.807) is 30.3 Å². The van der Waals surface area contributed by atoms with E-state index in [0.29, 0.717) is 35.8 Å². The van der Waals surface area contributed by atoms with Crippen molar-refractivity contribution in [1.82, 2.24) is 0 Å². The van der Waals surface area contributed by atoms with Gasteiger partial charge in [-0.2, -0.15) is 0 Å². The summed E-state index contributed by atoms with van der Waals surface area (Å²) in [5.74, 6) is -0.221. The van der Waals surface area contributed by atoms with Crippen LogP contribution in [-0.4, -0.2) is 40.7 Å². The van der Waals surface area contributed by atoms with Crippen molar-refractivity contribution >= 4 is 27.6 Å². The Labute approximate surface area is 196 Å². The normalized spacial score (nSPS) is 12.5. The molecule has 0 atom stereocenters. The van der Waals surface area contributed by atoms with E-state index in [-0.39, 0.29) is 22.8 Å². The van der Waals surface area contributed by atoms with E-state index in [2.05, 4.69) is 9.46 Å². The van der Waals surface area contributed by atoms with Crippen LogP contribution < -0.4 is 14.2 Å². The molecule has 3 aromatic carbocycles. The van der Waals surface area contributed by atoms with E-state index >= 15 is 0 Å². The molecule has 3 aromatic rings. The third kappa shape index (κ3) is 5.29. The molecule has 1 aliphatic rings. The number of esters is 2. The minimum atomic E-state index is -3.88. The monoisotopic (exact) mass is 483 g/mol. The first-order chi connectivity index (χ1) is 16.4. The summed E-state index contributed by atoms with van der Waals surface area (Å²) >= 11 is 0. The fraction of sp³-hybridized carbons (Fsp3) is 0.167. The van der Waals surface area contributed by atoms with Crippen molar-refractivity contribution in [1.29, 1.82) is 0 Å². The number of carbonyl (C=O) groups excluding carboxylic acids is 2. The lowest BCUT2D eigenvalue weighted by atomic mass is 10.1. The Kier molecular flexibility index (Phi) is 6.69. The summed E-state index contributed by atoms with van der Waals surface area (Å²) in [4.78, 5) is 24.0. The summed E-state index contributed by atoms with van der Waals surface area (Å²) in [6, 6.07) is 16.8. The molecule has 0 aliphatic carbocycles. The van der Waals surface area contributed by atoms with E-state index in [1.807, 2.05) is 0 Å². The van der Waals surface area contributed by atoms with Gasteiger partial charge in [-0.1, -0.05) is 12.1 Å². The van der Waals surface area contributed by atoms with Gasteiger partial charge in [-0.25, -0.2) is 18.0 Å². The Morgan fingerprint density at radius 1 is 0.882 bits per heavy atom. The van der Waals surface area contributed by atoms with Crippen molar-refractivity contribution in [2.45, 2.75) is 11.5 Å². The predicted octanol–water partition coefficient (Wildman–Crippen LogP) is 3.40. The van der Waals surface area contributed by atoms with Crippen LogP contribution in [0.5, 0.6) is 11.5 Å². The largest absolute Gasteiger partial charge is 0.486 e. The molecule has 176 valence electrons. The van der Waals surface area contributed by atoms with E-state index in [4.69, 9.17) is 14.2 Å². The van der Waals surface area contributed by atoms with Crippen LogP contribution in [0.25, 0.3) is 0 Å². The Balaban J connectivity index is 1.39. The standard InChI is InChI=1S/C24H21NO8S/c1-30-23(26)18-4-2-3-16(13-18)15-33-24(27)17-5-7-19(8-6-17)25-34(28,29)20-9-10-21-22(14-20)32-12-11-31-21/h2-10,13-14,25H,11-12,15H2,1H3. The molecule has 0 fully saturated rings. The topological polar surface area (TPSA) is 117 Å². The van der Waals surface area contributed by atoms with E-state index in [1.165, 1.54) is 43.5 Å². The van der Waals surface area contributed by atoms with Gasteiger partial charge >= 0.3 is 11.9 Å². The molecule has 0 amide bonds. The summed E-state index contributed by atoms with van der Waals surface area (Å²) in [6.07, 6.45) is 0. The number of benzene rings is 3. The fourth-order valence-corrected chi connectivity index (χ4v) is 4.29. The number of ether oxygens (including phenoxy) is 4. The average molecular weight is 483 g/mol. The Bertz CT molecular complexity index is 1320. The molecule has 1 N–H and O–H groups in total. The lowest BCUT2D eigenvalue weighted by Gasteiger charge is -2.19. The zero-order chi connectivity index (χ0) is 24.1. The number of hydrogen-bond donors (Lipinski definition) is 1. The van der Waals surface area contributed by atoms with Gasteiger partial charge in [-0.15, -0.1) is 0 Å². The fourth-order valence-electron chi connectivity index (χ4n) is 3.22. The van der Waals surface area contributed by atoms with Crippen LogP contribution in [0.1, 0.15) is 26.3 Å². The molecule has 4 rings (SSSR count). The molecule has 1 aliphatic heterocycles. The van der Waals surface area contributed by atoms with Gasteiger partial charge in [0.1, 0.15) is 19.8 Å². The molecule has 10 heteroatoms. The van der Waals surface area contributed by atoms with E-state index < -0.39 is 22.0 Å². The maximum absolute atomic E-state index is 12.7. The van der Waals surface area contributed by atoms with Crippen molar-refractivity contribution in [2.24, 2.45) is 0 Å². The molecule has 1 heterocycles. The second-order valence-corrected chi connectivity index (χ2v) is 8.94. The van der Waals surface area contributed by atoms with Gasteiger partial charge in [-0.05, 0) is 54.1 Å². The van der Waals surface area contributed by atoms with Crippen LogP contribution in [-0.2, 0) is 26.1 Å². The van der Waals surface area contributed by atoms with Crippen LogP contribution in [0.4, 0.5) is 5.69 Å². The first kappa shape index (κ1) is 23.1. The molecule has 0 unspecified atom stereocenters. The second kappa shape index (κ2) is 9.84. The number of anilines is 1. The summed E-state index contributed by atoms with van der Waals surface area (Å²) in [5.41, 5.74) is 1.49. The molecule has 0 radical (unpaired) electrons. The molecule has 34 heavy (non-hydrogen) atoms. The van der Waals surface area contributed by atoms with Gasteiger partial charge in [0.05, 0.1) is 23.1 Å². The minimum absolute atomic E-state index is 0.0226. The average Bonchev–Trinajstić information content (AvgIpc) is 2.87. The smallest absolute Gasteiger partial charge is 0.338 e. The Hall–Kier alpha value is -4.05. The molecule has 0 spiro atoms. The maximum atomic E-state index is 12.7. The first-order valence-corrected chi connectivity index (χ1v) is 11.7. The number of methoxy groups -OCH3 is 1. The summed E-state index contributed by atoms with van der Waals surface area (Å²) < 4.78 is 48.7. The zero-order valence-corrected chi connectivity index (χ0v) is 19.0. The third-order valence-electron chi connectivity index (χ3n) is 4.91. The molecular weight excluding hydrogens is 462 g/mol. The van der Waals surface area contributed by atoms with Crippen molar-refractivity contribution in [2.75, 3.05) is 25.0 Å². The van der Waals surface area contributed by atoms with Gasteiger partial charge in [0.2, 0.25) is 0 Å². The van der Waals surface area contributed by atoms with Gasteiger partial charge in [0, 0.05) is 11.8 Å². The van der Waals surface area contributed by atoms with E-state index in [9.17, 15) is 18.0 Å². The van der Waals surface area contributed by atoms with Gasteiger partial charge in [-0.3, -0.25) is 4.72 Å². The first-order valence-electron chi connectivity index (χ1n) is 10.2. The number of hydrogen-bond acceptors (Lipinski definition) is 8. The van der Waals surface area contributed by atoms with Crippen LogP contribution in [0.3, 0.4) is 0 Å². The second-order valence-electron chi connectivity index (χ2n) is 7.26. The predicted molar refractivity (Wildman–Crippen MR) is 122 cm³/mol. The van der Waals surface area contributed by atoms with Crippen molar-refractivity contribution in [3.8, 4) is 11.5 Å². The van der Waals surface area contributed by atoms with Crippen molar-refractivity contribution < 1.29 is 37.0 Å². The van der Waals surface area contributed by atoms with Crippen LogP contribution >= 0.6 is 0 Å². The van der Waals surface area contributed by atoms with Crippen LogP contribution in [0.2, 0.25) is 0 Å². The number of sulfonamides is 1. The number of carbonyl (C=O) groups is 2. The van der Waals surface area contributed by atoms with Gasteiger partial charge in [0.15, 0.2) is 11.5 Å². The lowest BCUT2D eigenvalue weighted by Crippen LogP contribution is -2.17. The zero-order valence-electron chi connectivity index (χ0n) is 18.1.